The summed E-state index contributed by atoms with van der Waals surface area (Å²) in [5.74, 6) is 0.992. The number of nitrogens with zero attached hydrogens (tertiary/aromatic N) is 1. The molecule has 1 aromatic rings. The van der Waals surface area contributed by atoms with Crippen molar-refractivity contribution < 1.29 is 9.53 Å². The lowest BCUT2D eigenvalue weighted by Crippen LogP contribution is -2.52. The van der Waals surface area contributed by atoms with Gasteiger partial charge in [-0.1, -0.05) is 12.1 Å². The average Bonchev–Trinajstić information content (AvgIpc) is 2.44. The quantitative estimate of drug-likeness (QED) is 0.931. The first-order valence-electron chi connectivity index (χ1n) is 6.89. The molecule has 0 aromatic heterocycles. The molecule has 1 aromatic carbocycles. The summed E-state index contributed by atoms with van der Waals surface area (Å²) in [7, 11) is 0. The van der Waals surface area contributed by atoms with Gasteiger partial charge >= 0.3 is 6.03 Å². The average molecular weight is 294 g/mol. The number of carbonyl (C=O) groups excluding carboxylic acids is 1. The lowest BCUT2D eigenvalue weighted by atomic mass is 10.1. The van der Waals surface area contributed by atoms with Gasteiger partial charge in [-0.2, -0.15) is 11.8 Å². The van der Waals surface area contributed by atoms with Gasteiger partial charge in [-0.15, -0.1) is 0 Å². The highest BCUT2D eigenvalue weighted by Crippen LogP contribution is 2.17. The van der Waals surface area contributed by atoms with E-state index >= 15 is 0 Å². The number of ether oxygens (including phenoxy) is 1. The summed E-state index contributed by atoms with van der Waals surface area (Å²) in [5.41, 5.74) is 2.11. The molecule has 2 atom stereocenters. The molecule has 2 unspecified atom stereocenters. The number of hydrogen-bond donors (Lipinski definition) is 1. The van der Waals surface area contributed by atoms with Gasteiger partial charge in [0, 0.05) is 18.0 Å². The van der Waals surface area contributed by atoms with Gasteiger partial charge in [0.15, 0.2) is 0 Å². The van der Waals surface area contributed by atoms with Gasteiger partial charge in [0.1, 0.15) is 0 Å². The van der Waals surface area contributed by atoms with Gasteiger partial charge in [-0.05, 0) is 37.8 Å². The topological polar surface area (TPSA) is 41.6 Å². The van der Waals surface area contributed by atoms with Crippen LogP contribution in [-0.2, 0) is 10.5 Å². The zero-order valence-corrected chi connectivity index (χ0v) is 13.1. The van der Waals surface area contributed by atoms with Gasteiger partial charge in [0.2, 0.25) is 0 Å². The fraction of sp³-hybridized carbons (Fsp3) is 0.533. The third kappa shape index (κ3) is 3.67. The number of benzene rings is 1. The number of thioether (sulfide) groups is 1. The maximum atomic E-state index is 12.3. The van der Waals surface area contributed by atoms with Crippen LogP contribution in [0.1, 0.15) is 19.4 Å². The molecule has 1 N–H and O–H groups in total. The van der Waals surface area contributed by atoms with Crippen LogP contribution >= 0.6 is 11.8 Å². The number of morpholine rings is 1. The van der Waals surface area contributed by atoms with E-state index in [4.69, 9.17) is 4.74 Å². The molecule has 1 aliphatic rings. The van der Waals surface area contributed by atoms with Crippen molar-refractivity contribution in [3.05, 3.63) is 29.8 Å². The minimum absolute atomic E-state index is 0.0507. The fourth-order valence-corrected chi connectivity index (χ4v) is 2.79. The number of anilines is 1. The Kier molecular flexibility index (Phi) is 5.31. The van der Waals surface area contributed by atoms with E-state index in [2.05, 4.69) is 23.7 Å². The van der Waals surface area contributed by atoms with Crippen LogP contribution < -0.4 is 5.32 Å². The molecule has 1 fully saturated rings. The van der Waals surface area contributed by atoms with E-state index in [0.717, 1.165) is 11.4 Å². The van der Waals surface area contributed by atoms with Gasteiger partial charge in [0.25, 0.3) is 0 Å². The summed E-state index contributed by atoms with van der Waals surface area (Å²) in [6.45, 7) is 5.26. The second-order valence-corrected chi connectivity index (χ2v) is 5.94. The van der Waals surface area contributed by atoms with Crippen molar-refractivity contribution in [2.75, 3.05) is 24.7 Å². The molecule has 1 heterocycles. The van der Waals surface area contributed by atoms with Crippen molar-refractivity contribution in [2.24, 2.45) is 0 Å². The van der Waals surface area contributed by atoms with Crippen LogP contribution in [0.25, 0.3) is 0 Å². The van der Waals surface area contributed by atoms with Crippen molar-refractivity contribution >= 4 is 23.5 Å². The summed E-state index contributed by atoms with van der Waals surface area (Å²) in [4.78, 5) is 14.1. The third-order valence-electron chi connectivity index (χ3n) is 3.66. The Hall–Kier alpha value is -1.20. The van der Waals surface area contributed by atoms with Crippen LogP contribution in [0.4, 0.5) is 10.5 Å². The van der Waals surface area contributed by atoms with E-state index < -0.39 is 0 Å². The summed E-state index contributed by atoms with van der Waals surface area (Å²) < 4.78 is 5.54. The summed E-state index contributed by atoms with van der Waals surface area (Å²) in [6.07, 6.45) is 2.16. The number of nitrogens with one attached hydrogen (secondary N) is 1. The normalized spacial score (nSPS) is 22.6. The maximum absolute atomic E-state index is 12.3. The highest BCUT2D eigenvalue weighted by atomic mass is 32.2. The first kappa shape index (κ1) is 15.2. The van der Waals surface area contributed by atoms with E-state index in [1.807, 2.05) is 30.9 Å². The largest absolute Gasteiger partial charge is 0.375 e. The Bertz CT molecular complexity index is 450. The molecule has 1 saturated heterocycles. The fourth-order valence-electron chi connectivity index (χ4n) is 2.27. The van der Waals surface area contributed by atoms with E-state index in [9.17, 15) is 4.79 Å². The summed E-state index contributed by atoms with van der Waals surface area (Å²) in [6, 6.07) is 8.06. The van der Waals surface area contributed by atoms with Crippen molar-refractivity contribution in [1.82, 2.24) is 4.90 Å². The Morgan fingerprint density at radius 1 is 1.40 bits per heavy atom. The smallest absolute Gasteiger partial charge is 0.322 e. The monoisotopic (exact) mass is 294 g/mol. The molecular weight excluding hydrogens is 272 g/mol. The van der Waals surface area contributed by atoms with Gasteiger partial charge in [0.05, 0.1) is 18.8 Å². The molecule has 110 valence electrons. The van der Waals surface area contributed by atoms with Gasteiger partial charge in [-0.3, -0.25) is 0 Å². The van der Waals surface area contributed by atoms with Gasteiger partial charge < -0.3 is 15.0 Å². The Labute approximate surface area is 124 Å². The van der Waals surface area contributed by atoms with Crippen LogP contribution in [0, 0.1) is 0 Å². The lowest BCUT2D eigenvalue weighted by molar-refractivity contribution is -0.0355. The third-order valence-corrected chi connectivity index (χ3v) is 4.28. The highest BCUT2D eigenvalue weighted by Gasteiger charge is 2.28. The van der Waals surface area contributed by atoms with Crippen LogP contribution in [0.3, 0.4) is 0 Å². The minimum atomic E-state index is -0.0507. The Morgan fingerprint density at radius 2 is 2.10 bits per heavy atom. The van der Waals surface area contributed by atoms with Gasteiger partial charge in [-0.25, -0.2) is 4.79 Å². The number of urea groups is 1. The predicted octanol–water partition coefficient (Wildman–Crippen LogP) is 3.19. The van der Waals surface area contributed by atoms with Crippen LogP contribution in [0.15, 0.2) is 24.3 Å². The number of amides is 2. The number of carbonyl (C=O) groups is 1. The molecule has 5 heteroatoms. The zero-order chi connectivity index (χ0) is 14.5. The van der Waals surface area contributed by atoms with Crippen molar-refractivity contribution in [1.29, 1.82) is 0 Å². The lowest BCUT2D eigenvalue weighted by Gasteiger charge is -2.37. The molecule has 0 bridgehead atoms. The highest BCUT2D eigenvalue weighted by molar-refractivity contribution is 7.97. The van der Waals surface area contributed by atoms with Crippen LogP contribution in [-0.4, -0.2) is 42.5 Å². The van der Waals surface area contributed by atoms with Crippen LogP contribution in [0.2, 0.25) is 0 Å². The predicted molar refractivity (Wildman–Crippen MR) is 84.3 cm³/mol. The first-order chi connectivity index (χ1) is 9.61. The standard InChI is InChI=1S/C15H22N2O2S/c1-11-12(2)19-9-8-17(11)15(18)16-14-6-4-13(5-7-14)10-20-3/h4-7,11-12H,8-10H2,1-3H3,(H,16,18). The molecule has 2 amide bonds. The van der Waals surface area contributed by atoms with E-state index in [-0.39, 0.29) is 18.2 Å². The first-order valence-corrected chi connectivity index (χ1v) is 8.28. The van der Waals surface area contributed by atoms with E-state index in [0.29, 0.717) is 13.2 Å². The molecule has 0 saturated carbocycles. The maximum Gasteiger partial charge on any atom is 0.322 e. The van der Waals surface area contributed by atoms with Crippen molar-refractivity contribution in [3.63, 3.8) is 0 Å². The second-order valence-electron chi connectivity index (χ2n) is 5.07. The molecular formula is C15H22N2O2S. The minimum Gasteiger partial charge on any atom is -0.375 e. The number of rotatable bonds is 3. The van der Waals surface area contributed by atoms with Crippen molar-refractivity contribution in [3.8, 4) is 0 Å². The molecule has 0 radical (unpaired) electrons. The molecule has 0 aliphatic carbocycles. The number of hydrogen-bond acceptors (Lipinski definition) is 3. The zero-order valence-electron chi connectivity index (χ0n) is 12.3. The van der Waals surface area contributed by atoms with E-state index in [1.54, 1.807) is 11.8 Å². The second kappa shape index (κ2) is 6.99. The molecule has 0 spiro atoms. The molecule has 2 rings (SSSR count). The van der Waals surface area contributed by atoms with E-state index in [1.165, 1.54) is 5.56 Å². The summed E-state index contributed by atoms with van der Waals surface area (Å²) >= 11 is 1.79. The summed E-state index contributed by atoms with van der Waals surface area (Å²) in [5, 5.41) is 2.96. The van der Waals surface area contributed by atoms with Crippen molar-refractivity contribution in [2.45, 2.75) is 31.7 Å². The van der Waals surface area contributed by atoms with Crippen LogP contribution in [0.5, 0.6) is 0 Å². The Morgan fingerprint density at radius 3 is 2.75 bits per heavy atom. The Balaban J connectivity index is 1.96. The molecule has 20 heavy (non-hydrogen) atoms. The molecule has 4 nitrogen and oxygen atoms in total. The molecule has 1 aliphatic heterocycles. The SMILES string of the molecule is CSCc1ccc(NC(=O)N2CCOC(C)C2C)cc1.